The second-order valence-corrected chi connectivity index (χ2v) is 6.61. The second-order valence-electron chi connectivity index (χ2n) is 6.17. The number of hydrogen-bond acceptors (Lipinski definition) is 3. The molecule has 1 aliphatic rings. The van der Waals surface area contributed by atoms with Gasteiger partial charge in [-0.15, -0.1) is 0 Å². The Morgan fingerprint density at radius 3 is 2.75 bits per heavy atom. The Labute approximate surface area is 125 Å². The largest absolute Gasteiger partial charge is 0.444 e. The van der Waals surface area contributed by atoms with Crippen LogP contribution in [-0.2, 0) is 4.74 Å². The first-order valence-corrected chi connectivity index (χ1v) is 7.46. The van der Waals surface area contributed by atoms with Crippen LogP contribution in [0.5, 0.6) is 0 Å². The molecular weight excluding hydrogens is 272 g/mol. The minimum absolute atomic E-state index is 0.0745. The fraction of sp³-hybridized carbons (Fsp3) is 0.600. The van der Waals surface area contributed by atoms with Gasteiger partial charge < -0.3 is 14.6 Å². The van der Waals surface area contributed by atoms with Gasteiger partial charge in [-0.25, -0.2) is 4.79 Å². The van der Waals surface area contributed by atoms with Crippen molar-refractivity contribution in [2.75, 3.05) is 6.54 Å². The van der Waals surface area contributed by atoms with Crippen LogP contribution in [-0.4, -0.2) is 28.1 Å². The van der Waals surface area contributed by atoms with Gasteiger partial charge in [-0.05, 0) is 51.7 Å². The first-order valence-electron chi connectivity index (χ1n) is 7.05. The lowest BCUT2D eigenvalue weighted by Crippen LogP contribution is -2.41. The maximum Gasteiger partial charge on any atom is 0.410 e. The Hall–Kier alpha value is -1.36. The van der Waals surface area contributed by atoms with Crippen LogP contribution in [0.25, 0.3) is 0 Å². The van der Waals surface area contributed by atoms with Crippen molar-refractivity contribution in [1.82, 2.24) is 9.88 Å². The lowest BCUT2D eigenvalue weighted by molar-refractivity contribution is 0.00948. The van der Waals surface area contributed by atoms with Crippen molar-refractivity contribution >= 4 is 18.3 Å². The standard InChI is InChI=1S/C15H22N2O2S/c1-15(2,3)19-14(18)17-9-5-4-6-12(17)11-7-8-13(20)16-10-11/h7-8,10,12H,4-6,9H2,1-3H3,(H,16,20). The molecule has 4 nitrogen and oxygen atoms in total. The number of pyridine rings is 1. The lowest BCUT2D eigenvalue weighted by atomic mass is 9.97. The first-order chi connectivity index (χ1) is 9.37. The summed E-state index contributed by atoms with van der Waals surface area (Å²) < 4.78 is 6.21. The minimum Gasteiger partial charge on any atom is -0.444 e. The van der Waals surface area contributed by atoms with E-state index in [2.05, 4.69) is 4.98 Å². The summed E-state index contributed by atoms with van der Waals surface area (Å²) in [5, 5.41) is 0. The van der Waals surface area contributed by atoms with Crippen molar-refractivity contribution in [2.45, 2.75) is 51.7 Å². The quantitative estimate of drug-likeness (QED) is 0.789. The molecule has 0 radical (unpaired) electrons. The van der Waals surface area contributed by atoms with Gasteiger partial charge in [-0.2, -0.15) is 0 Å². The predicted octanol–water partition coefficient (Wildman–Crippen LogP) is 4.21. The fourth-order valence-corrected chi connectivity index (χ4v) is 2.57. The zero-order valence-electron chi connectivity index (χ0n) is 12.3. The fourth-order valence-electron chi connectivity index (χ4n) is 2.45. The van der Waals surface area contributed by atoms with Crippen LogP contribution >= 0.6 is 12.2 Å². The third kappa shape index (κ3) is 3.82. The highest BCUT2D eigenvalue weighted by Gasteiger charge is 2.31. The van der Waals surface area contributed by atoms with Gasteiger partial charge in [-0.3, -0.25) is 0 Å². The SMILES string of the molecule is CC(C)(C)OC(=O)N1CCCCC1c1ccc(=S)[nH]c1. The lowest BCUT2D eigenvalue weighted by Gasteiger charge is -2.36. The zero-order chi connectivity index (χ0) is 14.8. The van der Waals surface area contributed by atoms with E-state index in [1.807, 2.05) is 44.0 Å². The van der Waals surface area contributed by atoms with Gasteiger partial charge in [0.05, 0.1) is 6.04 Å². The third-order valence-corrected chi connectivity index (χ3v) is 3.58. The number of carbonyl (C=O) groups excluding carboxylic acids is 1. The monoisotopic (exact) mass is 294 g/mol. The number of likely N-dealkylation sites (tertiary alicyclic amines) is 1. The van der Waals surface area contributed by atoms with Crippen molar-refractivity contribution in [3.63, 3.8) is 0 Å². The molecule has 0 aromatic carbocycles. The highest BCUT2D eigenvalue weighted by Crippen LogP contribution is 2.31. The molecule has 2 rings (SSSR count). The number of rotatable bonds is 1. The second kappa shape index (κ2) is 5.95. The molecule has 1 amide bonds. The topological polar surface area (TPSA) is 45.3 Å². The molecule has 0 aliphatic carbocycles. The third-order valence-electron chi connectivity index (χ3n) is 3.32. The maximum absolute atomic E-state index is 12.3. The molecule has 0 saturated carbocycles. The van der Waals surface area contributed by atoms with E-state index in [1.165, 1.54) is 0 Å². The van der Waals surface area contributed by atoms with E-state index in [0.29, 0.717) is 4.64 Å². The normalized spacial score (nSPS) is 19.8. The van der Waals surface area contributed by atoms with Gasteiger partial charge in [0.2, 0.25) is 0 Å². The molecule has 0 spiro atoms. The van der Waals surface area contributed by atoms with E-state index in [-0.39, 0.29) is 12.1 Å². The van der Waals surface area contributed by atoms with E-state index >= 15 is 0 Å². The molecule has 2 heterocycles. The summed E-state index contributed by atoms with van der Waals surface area (Å²) in [7, 11) is 0. The number of aromatic nitrogens is 1. The van der Waals surface area contributed by atoms with Crippen molar-refractivity contribution in [3.8, 4) is 0 Å². The number of hydrogen-bond donors (Lipinski definition) is 1. The summed E-state index contributed by atoms with van der Waals surface area (Å²) in [5.41, 5.74) is 0.625. The summed E-state index contributed by atoms with van der Waals surface area (Å²) in [5.74, 6) is 0. The highest BCUT2D eigenvalue weighted by molar-refractivity contribution is 7.71. The van der Waals surface area contributed by atoms with E-state index in [9.17, 15) is 4.79 Å². The number of carbonyl (C=O) groups is 1. The molecule has 1 aliphatic heterocycles. The Morgan fingerprint density at radius 2 is 2.15 bits per heavy atom. The Bertz CT molecular complexity index is 513. The Morgan fingerprint density at radius 1 is 1.40 bits per heavy atom. The zero-order valence-corrected chi connectivity index (χ0v) is 13.1. The van der Waals surface area contributed by atoms with Gasteiger partial charge >= 0.3 is 6.09 Å². The van der Waals surface area contributed by atoms with Crippen molar-refractivity contribution in [3.05, 3.63) is 28.5 Å². The summed E-state index contributed by atoms with van der Waals surface area (Å²) in [6.45, 7) is 6.42. The smallest absolute Gasteiger partial charge is 0.410 e. The molecule has 110 valence electrons. The molecular formula is C15H22N2O2S. The summed E-state index contributed by atoms with van der Waals surface area (Å²) in [4.78, 5) is 17.2. The van der Waals surface area contributed by atoms with Crippen LogP contribution < -0.4 is 0 Å². The van der Waals surface area contributed by atoms with Crippen LogP contribution in [0.4, 0.5) is 4.79 Å². The molecule has 1 N–H and O–H groups in total. The van der Waals surface area contributed by atoms with Gasteiger partial charge in [0, 0.05) is 12.7 Å². The molecule has 1 fully saturated rings. The van der Waals surface area contributed by atoms with Crippen molar-refractivity contribution < 1.29 is 9.53 Å². The van der Waals surface area contributed by atoms with Crippen molar-refractivity contribution in [2.24, 2.45) is 0 Å². The van der Waals surface area contributed by atoms with Gasteiger partial charge in [0.15, 0.2) is 0 Å². The van der Waals surface area contributed by atoms with Crippen LogP contribution in [0.15, 0.2) is 18.3 Å². The first kappa shape index (κ1) is 15.0. The molecule has 1 unspecified atom stereocenters. The molecule has 1 atom stereocenters. The minimum atomic E-state index is -0.463. The van der Waals surface area contributed by atoms with Gasteiger partial charge in [-0.1, -0.05) is 18.3 Å². The van der Waals surface area contributed by atoms with Crippen LogP contribution in [0.1, 0.15) is 51.6 Å². The van der Waals surface area contributed by atoms with Crippen molar-refractivity contribution in [1.29, 1.82) is 0 Å². The average Bonchev–Trinajstić information content (AvgIpc) is 2.38. The molecule has 5 heteroatoms. The number of nitrogens with one attached hydrogen (secondary N) is 1. The Kier molecular flexibility index (Phi) is 4.48. The molecule has 1 saturated heterocycles. The van der Waals surface area contributed by atoms with E-state index in [1.54, 1.807) is 0 Å². The number of piperidine rings is 1. The van der Waals surface area contributed by atoms with E-state index in [4.69, 9.17) is 17.0 Å². The molecule has 1 aromatic heterocycles. The van der Waals surface area contributed by atoms with Crippen LogP contribution in [0.3, 0.4) is 0 Å². The predicted molar refractivity (Wildman–Crippen MR) is 81.2 cm³/mol. The summed E-state index contributed by atoms with van der Waals surface area (Å²) in [6, 6.07) is 3.93. The number of aromatic amines is 1. The van der Waals surface area contributed by atoms with E-state index in [0.717, 1.165) is 31.4 Å². The number of nitrogens with zero attached hydrogens (tertiary/aromatic N) is 1. The Balaban J connectivity index is 2.18. The maximum atomic E-state index is 12.3. The number of ether oxygens (including phenoxy) is 1. The number of H-pyrrole nitrogens is 1. The van der Waals surface area contributed by atoms with Gasteiger partial charge in [0.1, 0.15) is 10.2 Å². The number of amides is 1. The summed E-state index contributed by atoms with van der Waals surface area (Å²) >= 11 is 5.06. The van der Waals surface area contributed by atoms with Crippen LogP contribution in [0.2, 0.25) is 0 Å². The molecule has 1 aromatic rings. The van der Waals surface area contributed by atoms with Gasteiger partial charge in [0.25, 0.3) is 0 Å². The molecule has 0 bridgehead atoms. The average molecular weight is 294 g/mol. The van der Waals surface area contributed by atoms with Crippen LogP contribution in [0, 0.1) is 4.64 Å². The highest BCUT2D eigenvalue weighted by atomic mass is 32.1. The summed E-state index contributed by atoms with van der Waals surface area (Å²) in [6.07, 6.45) is 4.78. The molecule has 20 heavy (non-hydrogen) atoms. The van der Waals surface area contributed by atoms with E-state index < -0.39 is 5.60 Å².